The lowest BCUT2D eigenvalue weighted by Gasteiger charge is -2.29. The first-order valence-electron chi connectivity index (χ1n) is 7.09. The summed E-state index contributed by atoms with van der Waals surface area (Å²) in [7, 11) is 0. The van der Waals surface area contributed by atoms with Crippen LogP contribution in [0, 0.1) is 11.8 Å². The Morgan fingerprint density at radius 3 is 2.73 bits per heavy atom. The number of hydrogen-bond donors (Lipinski definition) is 1. The van der Waals surface area contributed by atoms with Crippen molar-refractivity contribution in [3.05, 3.63) is 0 Å². The van der Waals surface area contributed by atoms with Crippen LogP contribution in [0.5, 0.6) is 0 Å². The average molecular weight is 209 g/mol. The number of rotatable bonds is 5. The fourth-order valence-electron chi connectivity index (χ4n) is 3.26. The highest BCUT2D eigenvalue weighted by Crippen LogP contribution is 2.36. The van der Waals surface area contributed by atoms with E-state index in [1.807, 2.05) is 0 Å². The summed E-state index contributed by atoms with van der Waals surface area (Å²) in [6.07, 6.45) is 11.5. The van der Waals surface area contributed by atoms with Crippen LogP contribution in [-0.4, -0.2) is 12.1 Å². The minimum Gasteiger partial charge on any atom is -0.311 e. The van der Waals surface area contributed by atoms with Gasteiger partial charge in [0.25, 0.3) is 0 Å². The molecular weight excluding hydrogens is 182 g/mol. The highest BCUT2D eigenvalue weighted by Gasteiger charge is 2.37. The van der Waals surface area contributed by atoms with Crippen molar-refractivity contribution < 1.29 is 0 Å². The minimum absolute atomic E-state index is 0.857. The molecule has 4 unspecified atom stereocenters. The molecule has 0 amide bonds. The van der Waals surface area contributed by atoms with Crippen molar-refractivity contribution in [2.45, 2.75) is 77.3 Å². The summed E-state index contributed by atoms with van der Waals surface area (Å²) in [6.45, 7) is 4.66. The van der Waals surface area contributed by atoms with E-state index in [0.29, 0.717) is 0 Å². The Hall–Kier alpha value is -0.0400. The van der Waals surface area contributed by atoms with Gasteiger partial charge in [-0.15, -0.1) is 0 Å². The van der Waals surface area contributed by atoms with Gasteiger partial charge in [-0.3, -0.25) is 0 Å². The molecule has 0 spiro atoms. The van der Waals surface area contributed by atoms with Gasteiger partial charge in [0.05, 0.1) is 0 Å². The molecule has 4 atom stereocenters. The third-order valence-electron chi connectivity index (χ3n) is 4.39. The Balaban J connectivity index is 1.67. The molecule has 2 aliphatic carbocycles. The molecule has 1 N–H and O–H groups in total. The molecule has 0 aromatic rings. The van der Waals surface area contributed by atoms with E-state index in [1.54, 1.807) is 0 Å². The Morgan fingerprint density at radius 2 is 2.00 bits per heavy atom. The molecule has 0 aromatic heterocycles. The van der Waals surface area contributed by atoms with E-state index in [2.05, 4.69) is 19.2 Å². The molecule has 2 rings (SSSR count). The van der Waals surface area contributed by atoms with Crippen molar-refractivity contribution in [3.8, 4) is 0 Å². The number of nitrogens with one attached hydrogen (secondary N) is 1. The zero-order valence-corrected chi connectivity index (χ0v) is 10.5. The summed E-state index contributed by atoms with van der Waals surface area (Å²) in [5.41, 5.74) is 0. The van der Waals surface area contributed by atoms with Gasteiger partial charge in [0.1, 0.15) is 0 Å². The molecule has 1 nitrogen and oxygen atoms in total. The third kappa shape index (κ3) is 3.21. The summed E-state index contributed by atoms with van der Waals surface area (Å²) in [5, 5.41) is 3.89. The highest BCUT2D eigenvalue weighted by atomic mass is 15.0. The van der Waals surface area contributed by atoms with E-state index < -0.39 is 0 Å². The van der Waals surface area contributed by atoms with Crippen LogP contribution in [-0.2, 0) is 0 Å². The van der Waals surface area contributed by atoms with E-state index in [9.17, 15) is 0 Å². The average Bonchev–Trinajstić information content (AvgIpc) is 2.97. The van der Waals surface area contributed by atoms with Crippen molar-refractivity contribution in [1.82, 2.24) is 5.32 Å². The molecule has 2 saturated carbocycles. The summed E-state index contributed by atoms with van der Waals surface area (Å²) in [6, 6.07) is 1.75. The van der Waals surface area contributed by atoms with Crippen LogP contribution in [0.25, 0.3) is 0 Å². The van der Waals surface area contributed by atoms with Gasteiger partial charge in [-0.05, 0) is 37.5 Å². The van der Waals surface area contributed by atoms with Gasteiger partial charge in [-0.25, -0.2) is 0 Å². The molecule has 15 heavy (non-hydrogen) atoms. The molecule has 0 bridgehead atoms. The minimum atomic E-state index is 0.857. The zero-order chi connectivity index (χ0) is 10.7. The van der Waals surface area contributed by atoms with E-state index >= 15 is 0 Å². The van der Waals surface area contributed by atoms with Crippen LogP contribution >= 0.6 is 0 Å². The highest BCUT2D eigenvalue weighted by molar-refractivity contribution is 4.95. The maximum atomic E-state index is 3.89. The van der Waals surface area contributed by atoms with E-state index in [1.165, 1.54) is 51.4 Å². The molecule has 0 aromatic carbocycles. The maximum Gasteiger partial charge on any atom is 0.0102 e. The van der Waals surface area contributed by atoms with Gasteiger partial charge >= 0.3 is 0 Å². The van der Waals surface area contributed by atoms with Gasteiger partial charge in [0, 0.05) is 12.1 Å². The lowest BCUT2D eigenvalue weighted by Crippen LogP contribution is -2.36. The molecule has 88 valence electrons. The fourth-order valence-corrected chi connectivity index (χ4v) is 3.26. The quantitative estimate of drug-likeness (QED) is 0.727. The van der Waals surface area contributed by atoms with Crippen molar-refractivity contribution >= 4 is 0 Å². The van der Waals surface area contributed by atoms with Crippen LogP contribution in [0.3, 0.4) is 0 Å². The van der Waals surface area contributed by atoms with Crippen molar-refractivity contribution in [3.63, 3.8) is 0 Å². The maximum absolute atomic E-state index is 3.89. The first-order chi connectivity index (χ1) is 7.33. The monoisotopic (exact) mass is 209 g/mol. The zero-order valence-electron chi connectivity index (χ0n) is 10.5. The predicted octanol–water partition coefficient (Wildman–Crippen LogP) is 3.73. The Labute approximate surface area is 95.0 Å². The van der Waals surface area contributed by atoms with Crippen molar-refractivity contribution in [1.29, 1.82) is 0 Å². The molecule has 2 aliphatic rings. The lowest BCUT2D eigenvalue weighted by atomic mass is 9.84. The molecule has 0 saturated heterocycles. The second kappa shape index (κ2) is 5.34. The molecule has 1 heteroatoms. The smallest absolute Gasteiger partial charge is 0.0102 e. The topological polar surface area (TPSA) is 12.0 Å². The van der Waals surface area contributed by atoms with E-state index in [-0.39, 0.29) is 0 Å². The summed E-state index contributed by atoms with van der Waals surface area (Å²) in [5.74, 6) is 2.04. The fraction of sp³-hybridized carbons (Fsp3) is 1.00. The summed E-state index contributed by atoms with van der Waals surface area (Å²) < 4.78 is 0. The number of hydrogen-bond acceptors (Lipinski definition) is 1. The van der Waals surface area contributed by atoms with Gasteiger partial charge < -0.3 is 5.32 Å². The predicted molar refractivity (Wildman–Crippen MR) is 66.0 cm³/mol. The van der Waals surface area contributed by atoms with Crippen molar-refractivity contribution in [2.24, 2.45) is 11.8 Å². The summed E-state index contributed by atoms with van der Waals surface area (Å²) in [4.78, 5) is 0. The molecule has 0 aliphatic heterocycles. The van der Waals surface area contributed by atoms with Crippen LogP contribution in [0.15, 0.2) is 0 Å². The van der Waals surface area contributed by atoms with Gasteiger partial charge in [0.2, 0.25) is 0 Å². The van der Waals surface area contributed by atoms with Crippen LogP contribution in [0.2, 0.25) is 0 Å². The largest absolute Gasteiger partial charge is 0.311 e. The third-order valence-corrected chi connectivity index (χ3v) is 4.39. The Bertz CT molecular complexity index is 190. The van der Waals surface area contributed by atoms with Gasteiger partial charge in [-0.1, -0.05) is 39.5 Å². The second-order valence-electron chi connectivity index (χ2n) is 5.70. The van der Waals surface area contributed by atoms with Crippen molar-refractivity contribution in [2.75, 3.05) is 0 Å². The van der Waals surface area contributed by atoms with Gasteiger partial charge in [-0.2, -0.15) is 0 Å². The normalized spacial score (nSPS) is 40.4. The Morgan fingerprint density at radius 1 is 1.13 bits per heavy atom. The van der Waals surface area contributed by atoms with Gasteiger partial charge in [0.15, 0.2) is 0 Å². The van der Waals surface area contributed by atoms with Crippen LogP contribution in [0.1, 0.15) is 65.2 Å². The molecule has 2 fully saturated rings. The second-order valence-corrected chi connectivity index (χ2v) is 5.70. The first kappa shape index (κ1) is 11.4. The Kier molecular flexibility index (Phi) is 4.07. The molecule has 0 heterocycles. The molecular formula is C14H27N. The first-order valence-corrected chi connectivity index (χ1v) is 7.09. The SMILES string of the molecule is CCCC1CC1NC1CCCC(CC)C1. The lowest BCUT2D eigenvalue weighted by molar-refractivity contribution is 0.275. The van der Waals surface area contributed by atoms with E-state index in [0.717, 1.165) is 23.9 Å². The standard InChI is InChI=1S/C14H27N/c1-3-6-12-10-14(12)15-13-8-5-7-11(4-2)9-13/h11-15H,3-10H2,1-2H3. The summed E-state index contributed by atoms with van der Waals surface area (Å²) >= 11 is 0. The molecule has 0 radical (unpaired) electrons. The van der Waals surface area contributed by atoms with Crippen LogP contribution < -0.4 is 5.32 Å². The van der Waals surface area contributed by atoms with Crippen LogP contribution in [0.4, 0.5) is 0 Å². The van der Waals surface area contributed by atoms with E-state index in [4.69, 9.17) is 0 Å².